The minimum Gasteiger partial charge on any atom is -0.302 e. The quantitative estimate of drug-likeness (QED) is 0.813. The molecule has 0 aromatic heterocycles. The Kier molecular flexibility index (Phi) is 2.57. The molecule has 2 unspecified atom stereocenters. The van der Waals surface area contributed by atoms with Crippen molar-refractivity contribution >= 4 is 15.9 Å². The first-order valence-electron chi connectivity index (χ1n) is 5.78. The molecule has 1 nitrogen and oxygen atoms in total. The molecule has 1 aromatic rings. The molecule has 1 saturated carbocycles. The molecule has 2 aliphatic rings. The minimum atomic E-state index is 1.06. The molecule has 0 N–H and O–H groups in total. The zero-order valence-electron chi connectivity index (χ0n) is 8.82. The van der Waals surface area contributed by atoms with Gasteiger partial charge in [-0.2, -0.15) is 0 Å². The molecular weight excluding hydrogens is 250 g/mol. The number of hydrogen-bond acceptors (Lipinski definition) is 1. The van der Waals surface area contributed by atoms with E-state index in [1.165, 1.54) is 42.5 Å². The summed E-state index contributed by atoms with van der Waals surface area (Å²) >= 11 is 3.47. The smallest absolute Gasteiger partial charge is 0.0175 e. The van der Waals surface area contributed by atoms with Crippen LogP contribution in [0.1, 0.15) is 12.0 Å². The van der Waals surface area contributed by atoms with E-state index in [0.717, 1.165) is 11.8 Å². The summed E-state index contributed by atoms with van der Waals surface area (Å²) in [6.45, 7) is 3.97. The molecule has 1 aliphatic heterocycles. The second-order valence-corrected chi connectivity index (χ2v) is 5.81. The predicted molar refractivity (Wildman–Crippen MR) is 65.9 cm³/mol. The molecule has 80 valence electrons. The van der Waals surface area contributed by atoms with Crippen LogP contribution in [-0.2, 0) is 6.42 Å². The summed E-state index contributed by atoms with van der Waals surface area (Å²) < 4.78 is 1.17. The Morgan fingerprint density at radius 2 is 1.80 bits per heavy atom. The Hall–Kier alpha value is -0.340. The van der Waals surface area contributed by atoms with Crippen molar-refractivity contribution in [2.45, 2.75) is 12.8 Å². The van der Waals surface area contributed by atoms with Crippen LogP contribution in [0.2, 0.25) is 0 Å². The lowest BCUT2D eigenvalue weighted by atomic mass is 10.1. The zero-order valence-corrected chi connectivity index (χ0v) is 10.4. The fraction of sp³-hybridized carbons (Fsp3) is 0.538. The van der Waals surface area contributed by atoms with Crippen LogP contribution >= 0.6 is 15.9 Å². The van der Waals surface area contributed by atoms with Crippen molar-refractivity contribution in [3.63, 3.8) is 0 Å². The third kappa shape index (κ3) is 2.26. The predicted octanol–water partition coefficient (Wildman–Crippen LogP) is 2.94. The van der Waals surface area contributed by atoms with Crippen molar-refractivity contribution in [1.82, 2.24) is 4.90 Å². The molecule has 15 heavy (non-hydrogen) atoms. The maximum absolute atomic E-state index is 3.47. The van der Waals surface area contributed by atoms with Crippen LogP contribution in [0.5, 0.6) is 0 Å². The summed E-state index contributed by atoms with van der Waals surface area (Å²) in [6, 6.07) is 8.72. The van der Waals surface area contributed by atoms with Gasteiger partial charge in [0.05, 0.1) is 0 Å². The van der Waals surface area contributed by atoms with Gasteiger partial charge in [0.2, 0.25) is 0 Å². The monoisotopic (exact) mass is 265 g/mol. The van der Waals surface area contributed by atoms with Crippen LogP contribution in [0.3, 0.4) is 0 Å². The van der Waals surface area contributed by atoms with E-state index in [1.54, 1.807) is 0 Å². The molecule has 0 amide bonds. The van der Waals surface area contributed by atoms with Crippen molar-refractivity contribution in [1.29, 1.82) is 0 Å². The van der Waals surface area contributed by atoms with Crippen LogP contribution < -0.4 is 0 Å². The average Bonchev–Trinajstić information content (AvgIpc) is 2.86. The minimum absolute atomic E-state index is 1.06. The second kappa shape index (κ2) is 3.91. The highest BCUT2D eigenvalue weighted by Gasteiger charge is 2.44. The number of nitrogens with zero attached hydrogens (tertiary/aromatic N) is 1. The van der Waals surface area contributed by atoms with Gasteiger partial charge in [0.25, 0.3) is 0 Å². The number of fused-ring (bicyclic) bond motifs is 1. The first-order chi connectivity index (χ1) is 7.31. The Labute approximate surface area is 99.6 Å². The summed E-state index contributed by atoms with van der Waals surface area (Å²) in [5.41, 5.74) is 1.46. The summed E-state index contributed by atoms with van der Waals surface area (Å²) in [6.07, 6.45) is 2.71. The molecule has 0 bridgehead atoms. The van der Waals surface area contributed by atoms with E-state index in [2.05, 4.69) is 45.1 Å². The number of hydrogen-bond donors (Lipinski definition) is 0. The van der Waals surface area contributed by atoms with E-state index in [4.69, 9.17) is 0 Å². The SMILES string of the molecule is Brc1ccc(CCN2CC3CC3C2)cc1. The van der Waals surface area contributed by atoms with Gasteiger partial charge in [-0.1, -0.05) is 28.1 Å². The van der Waals surface area contributed by atoms with E-state index in [1.807, 2.05) is 0 Å². The molecule has 2 heteroatoms. The van der Waals surface area contributed by atoms with E-state index in [-0.39, 0.29) is 0 Å². The van der Waals surface area contributed by atoms with Crippen molar-refractivity contribution in [2.75, 3.05) is 19.6 Å². The fourth-order valence-electron chi connectivity index (χ4n) is 2.62. The number of likely N-dealkylation sites (tertiary alicyclic amines) is 1. The van der Waals surface area contributed by atoms with Crippen LogP contribution in [-0.4, -0.2) is 24.5 Å². The maximum atomic E-state index is 3.47. The van der Waals surface area contributed by atoms with Gasteiger partial charge in [-0.25, -0.2) is 0 Å². The summed E-state index contributed by atoms with van der Waals surface area (Å²) in [7, 11) is 0. The first kappa shape index (κ1) is 9.86. The standard InChI is InChI=1S/C13H16BrN/c14-13-3-1-10(2-4-13)5-6-15-8-11-7-12(11)9-15/h1-4,11-12H,5-9H2. The van der Waals surface area contributed by atoms with Gasteiger partial charge in [-0.3, -0.25) is 0 Å². The van der Waals surface area contributed by atoms with Crippen LogP contribution in [0.15, 0.2) is 28.7 Å². The van der Waals surface area contributed by atoms with Crippen LogP contribution in [0.4, 0.5) is 0 Å². The molecule has 0 spiro atoms. The average molecular weight is 266 g/mol. The van der Waals surface area contributed by atoms with Gasteiger partial charge in [0.1, 0.15) is 0 Å². The third-order valence-electron chi connectivity index (χ3n) is 3.68. The second-order valence-electron chi connectivity index (χ2n) is 4.89. The maximum Gasteiger partial charge on any atom is 0.0175 e. The summed E-state index contributed by atoms with van der Waals surface area (Å²) in [5, 5.41) is 0. The van der Waals surface area contributed by atoms with Crippen molar-refractivity contribution in [2.24, 2.45) is 11.8 Å². The molecule has 3 rings (SSSR count). The molecular formula is C13H16BrN. The Morgan fingerprint density at radius 3 is 2.47 bits per heavy atom. The molecule has 1 heterocycles. The van der Waals surface area contributed by atoms with Gasteiger partial charge in [0.15, 0.2) is 0 Å². The Balaban J connectivity index is 1.51. The van der Waals surface area contributed by atoms with E-state index >= 15 is 0 Å². The van der Waals surface area contributed by atoms with Gasteiger partial charge in [-0.15, -0.1) is 0 Å². The lowest BCUT2D eigenvalue weighted by molar-refractivity contribution is 0.309. The van der Waals surface area contributed by atoms with Crippen molar-refractivity contribution in [3.05, 3.63) is 34.3 Å². The van der Waals surface area contributed by atoms with Gasteiger partial charge in [-0.05, 0) is 42.4 Å². The van der Waals surface area contributed by atoms with Crippen LogP contribution in [0.25, 0.3) is 0 Å². The summed E-state index contributed by atoms with van der Waals surface area (Å²) in [4.78, 5) is 2.63. The molecule has 1 saturated heterocycles. The van der Waals surface area contributed by atoms with Gasteiger partial charge in [0, 0.05) is 24.1 Å². The topological polar surface area (TPSA) is 3.24 Å². The lowest BCUT2D eigenvalue weighted by Gasteiger charge is -2.16. The normalized spacial score (nSPS) is 29.1. The van der Waals surface area contributed by atoms with E-state index < -0.39 is 0 Å². The fourth-order valence-corrected chi connectivity index (χ4v) is 2.88. The highest BCUT2D eigenvalue weighted by Crippen LogP contribution is 2.44. The van der Waals surface area contributed by atoms with Crippen molar-refractivity contribution < 1.29 is 0 Å². The number of piperidine rings is 1. The molecule has 0 radical (unpaired) electrons. The largest absolute Gasteiger partial charge is 0.302 e. The lowest BCUT2D eigenvalue weighted by Crippen LogP contribution is -2.25. The highest BCUT2D eigenvalue weighted by molar-refractivity contribution is 9.10. The molecule has 2 fully saturated rings. The number of halogens is 1. The zero-order chi connectivity index (χ0) is 10.3. The third-order valence-corrected chi connectivity index (χ3v) is 4.21. The molecule has 1 aliphatic carbocycles. The summed E-state index contributed by atoms with van der Waals surface area (Å²) in [5.74, 6) is 2.13. The van der Waals surface area contributed by atoms with E-state index in [0.29, 0.717) is 0 Å². The number of benzene rings is 1. The van der Waals surface area contributed by atoms with E-state index in [9.17, 15) is 0 Å². The molecule has 2 atom stereocenters. The van der Waals surface area contributed by atoms with Gasteiger partial charge < -0.3 is 4.90 Å². The van der Waals surface area contributed by atoms with Crippen molar-refractivity contribution in [3.8, 4) is 0 Å². The highest BCUT2D eigenvalue weighted by atomic mass is 79.9. The first-order valence-corrected chi connectivity index (χ1v) is 6.57. The van der Waals surface area contributed by atoms with Gasteiger partial charge >= 0.3 is 0 Å². The number of rotatable bonds is 3. The molecule has 1 aromatic carbocycles. The van der Waals surface area contributed by atoms with Crippen LogP contribution in [0, 0.1) is 11.8 Å². The Morgan fingerprint density at radius 1 is 1.13 bits per heavy atom. The Bertz CT molecular complexity index is 336.